The maximum absolute atomic E-state index is 14.7. The van der Waals surface area contributed by atoms with Crippen molar-refractivity contribution in [1.29, 1.82) is 0 Å². The van der Waals surface area contributed by atoms with Gasteiger partial charge in [-0.15, -0.1) is 5.53 Å². The third-order valence-corrected chi connectivity index (χ3v) is 7.10. The summed E-state index contributed by atoms with van der Waals surface area (Å²) >= 11 is 0. The molecule has 0 amide bonds. The Morgan fingerprint density at radius 1 is 1.13 bits per heavy atom. The van der Waals surface area contributed by atoms with E-state index in [-0.39, 0.29) is 5.82 Å². The molecule has 2 aromatic heterocycles. The molecule has 0 unspecified atom stereocenters. The first-order valence-electron chi connectivity index (χ1n) is 10.7. The Morgan fingerprint density at radius 3 is 2.87 bits per heavy atom. The summed E-state index contributed by atoms with van der Waals surface area (Å²) in [4.78, 5) is 7.08. The van der Waals surface area contributed by atoms with E-state index in [1.807, 2.05) is 12.3 Å². The molecule has 7 rings (SSSR count). The number of hydrogen-bond acceptors (Lipinski definition) is 6. The zero-order valence-electron chi connectivity index (χ0n) is 16.7. The van der Waals surface area contributed by atoms with Crippen LogP contribution >= 0.6 is 0 Å². The van der Waals surface area contributed by atoms with Crippen molar-refractivity contribution in [3.63, 3.8) is 0 Å². The second kappa shape index (κ2) is 5.94. The van der Waals surface area contributed by atoms with Gasteiger partial charge in [0.2, 0.25) is 0 Å². The van der Waals surface area contributed by atoms with Crippen molar-refractivity contribution in [2.75, 3.05) is 11.4 Å². The van der Waals surface area contributed by atoms with Crippen LogP contribution in [0.2, 0.25) is 0 Å². The van der Waals surface area contributed by atoms with Crippen molar-refractivity contribution in [2.24, 2.45) is 5.92 Å². The molecular formula is C22H21F2N7. The maximum Gasteiger partial charge on any atom is 0.166 e. The number of hydrogen-bond donors (Lipinski definition) is 2. The summed E-state index contributed by atoms with van der Waals surface area (Å²) < 4.78 is 30.4. The first-order chi connectivity index (χ1) is 15.1. The van der Waals surface area contributed by atoms with Crippen molar-refractivity contribution >= 4 is 17.2 Å². The van der Waals surface area contributed by atoms with Gasteiger partial charge in [-0.25, -0.2) is 18.3 Å². The normalized spacial score (nSPS) is 26.9. The number of benzene rings is 1. The minimum absolute atomic E-state index is 0.321. The predicted molar refractivity (Wildman–Crippen MR) is 110 cm³/mol. The third kappa shape index (κ3) is 2.46. The number of aromatic nitrogens is 3. The molecule has 2 aliphatic carbocycles. The first-order valence-corrected chi connectivity index (χ1v) is 10.7. The molecule has 2 atom stereocenters. The molecule has 3 fully saturated rings. The number of nitrogens with one attached hydrogen (secondary N) is 2. The fourth-order valence-electron chi connectivity index (χ4n) is 5.31. The molecule has 158 valence electrons. The molecule has 1 aromatic carbocycles. The van der Waals surface area contributed by atoms with Crippen molar-refractivity contribution in [1.82, 2.24) is 30.6 Å². The molecule has 3 aromatic rings. The average Bonchev–Trinajstić information content (AvgIpc) is 3.60. The topological polar surface area (TPSA) is 60.7 Å². The number of anilines is 1. The van der Waals surface area contributed by atoms with Gasteiger partial charge in [0.15, 0.2) is 5.65 Å². The van der Waals surface area contributed by atoms with Gasteiger partial charge in [-0.1, -0.05) is 0 Å². The number of fused-ring (bicyclic) bond motifs is 2. The Balaban J connectivity index is 1.29. The van der Waals surface area contributed by atoms with E-state index in [2.05, 4.69) is 32.2 Å². The molecule has 0 radical (unpaired) electrons. The van der Waals surface area contributed by atoms with Crippen LogP contribution in [0, 0.1) is 17.6 Å². The summed E-state index contributed by atoms with van der Waals surface area (Å²) in [5.41, 5.74) is 8.88. The van der Waals surface area contributed by atoms with Gasteiger partial charge >= 0.3 is 0 Å². The van der Waals surface area contributed by atoms with Crippen LogP contribution in [0.5, 0.6) is 0 Å². The first kappa shape index (κ1) is 17.5. The van der Waals surface area contributed by atoms with Gasteiger partial charge in [0.1, 0.15) is 17.5 Å². The Morgan fingerprint density at radius 2 is 2.03 bits per heavy atom. The quantitative estimate of drug-likeness (QED) is 0.676. The van der Waals surface area contributed by atoms with Gasteiger partial charge in [-0.05, 0) is 55.9 Å². The molecule has 7 nitrogen and oxygen atoms in total. The van der Waals surface area contributed by atoms with Crippen LogP contribution < -0.4 is 15.9 Å². The van der Waals surface area contributed by atoms with E-state index < -0.39 is 11.4 Å². The molecule has 1 saturated heterocycles. The number of hydrazine groups is 2. The number of halogens is 2. The molecule has 0 spiro atoms. The van der Waals surface area contributed by atoms with E-state index in [9.17, 15) is 8.78 Å². The van der Waals surface area contributed by atoms with Crippen LogP contribution in [-0.2, 0) is 5.54 Å². The second-order valence-corrected chi connectivity index (χ2v) is 8.92. The minimum Gasteiger partial charge on any atom is -0.346 e. The summed E-state index contributed by atoms with van der Waals surface area (Å²) in [5, 5.41) is 6.53. The highest BCUT2D eigenvalue weighted by Crippen LogP contribution is 2.63. The Labute approximate surface area is 177 Å². The van der Waals surface area contributed by atoms with Crippen molar-refractivity contribution < 1.29 is 8.78 Å². The molecule has 2 aliphatic heterocycles. The fraction of sp³-hybridized carbons (Fsp3) is 0.364. The summed E-state index contributed by atoms with van der Waals surface area (Å²) in [7, 11) is 0. The smallest absolute Gasteiger partial charge is 0.166 e. The predicted octanol–water partition coefficient (Wildman–Crippen LogP) is 2.92. The monoisotopic (exact) mass is 421 g/mol. The van der Waals surface area contributed by atoms with Crippen LogP contribution in [0.1, 0.15) is 36.8 Å². The van der Waals surface area contributed by atoms with E-state index in [0.717, 1.165) is 42.1 Å². The number of nitrogens with zero attached hydrogens (tertiary/aromatic N) is 5. The largest absolute Gasteiger partial charge is 0.346 e. The maximum atomic E-state index is 14.7. The highest BCUT2D eigenvalue weighted by atomic mass is 19.1. The molecule has 2 saturated carbocycles. The van der Waals surface area contributed by atoms with Crippen LogP contribution in [0.15, 0.2) is 42.9 Å². The van der Waals surface area contributed by atoms with E-state index >= 15 is 0 Å². The van der Waals surface area contributed by atoms with E-state index in [1.165, 1.54) is 31.0 Å². The standard InChI is InChI=1S/C22H21F2N7/c23-14-1-4-18(24)17(9-14)22-10-13(22)5-7-29(22)20-6-8-30-21(26-20)16(11-25-30)19-12-31(28-27-19)15-2-3-15/h1,4,6,8-9,11-13,15,27-28H,2-3,5,7,10H2/t13-,22+/m0/s1. The van der Waals surface area contributed by atoms with E-state index in [4.69, 9.17) is 4.98 Å². The van der Waals surface area contributed by atoms with Crippen LogP contribution in [0.25, 0.3) is 11.3 Å². The molecular weight excluding hydrogens is 400 g/mol. The van der Waals surface area contributed by atoms with Gasteiger partial charge < -0.3 is 10.3 Å². The lowest BCUT2D eigenvalue weighted by atomic mass is 10.0. The summed E-state index contributed by atoms with van der Waals surface area (Å²) in [6.45, 7) is 0.769. The Hall–Kier alpha value is -3.20. The molecule has 0 bridgehead atoms. The summed E-state index contributed by atoms with van der Waals surface area (Å²) in [5.74, 6) is 0.329. The lowest BCUT2D eigenvalue weighted by Crippen LogP contribution is -2.37. The summed E-state index contributed by atoms with van der Waals surface area (Å²) in [6, 6.07) is 6.20. The Kier molecular flexibility index (Phi) is 3.35. The van der Waals surface area contributed by atoms with Gasteiger partial charge in [0, 0.05) is 30.5 Å². The van der Waals surface area contributed by atoms with Crippen molar-refractivity contribution in [2.45, 2.75) is 37.3 Å². The van der Waals surface area contributed by atoms with E-state index in [0.29, 0.717) is 17.5 Å². The lowest BCUT2D eigenvalue weighted by molar-refractivity contribution is 0.263. The van der Waals surface area contributed by atoms with Crippen LogP contribution in [0.3, 0.4) is 0 Å². The van der Waals surface area contributed by atoms with Crippen LogP contribution in [-0.4, -0.2) is 32.2 Å². The Bertz CT molecular complexity index is 1250. The number of rotatable bonds is 4. The molecule has 31 heavy (non-hydrogen) atoms. The van der Waals surface area contributed by atoms with Gasteiger partial charge in [-0.2, -0.15) is 5.10 Å². The SMILES string of the molecule is Fc1ccc(F)c([C@@]23C[C@@H]2CCN3c2ccn3ncc(C4=CN(C5CC5)NN4)c3n2)c1. The highest BCUT2D eigenvalue weighted by Gasteiger charge is 2.64. The highest BCUT2D eigenvalue weighted by molar-refractivity contribution is 5.75. The zero-order valence-corrected chi connectivity index (χ0v) is 16.7. The zero-order chi connectivity index (χ0) is 20.7. The summed E-state index contributed by atoms with van der Waals surface area (Å²) in [6.07, 6.45) is 9.87. The minimum atomic E-state index is -0.507. The third-order valence-electron chi connectivity index (χ3n) is 7.10. The van der Waals surface area contributed by atoms with Gasteiger partial charge in [-0.3, -0.25) is 5.01 Å². The lowest BCUT2D eigenvalue weighted by Gasteiger charge is -2.30. The van der Waals surface area contributed by atoms with Crippen molar-refractivity contribution in [3.8, 4) is 0 Å². The average molecular weight is 421 g/mol. The molecule has 4 aliphatic rings. The fourth-order valence-corrected chi connectivity index (χ4v) is 5.31. The molecule has 2 N–H and O–H groups in total. The van der Waals surface area contributed by atoms with E-state index in [1.54, 1.807) is 10.7 Å². The molecule has 9 heteroatoms. The second-order valence-electron chi connectivity index (χ2n) is 8.92. The van der Waals surface area contributed by atoms with Gasteiger partial charge in [0.25, 0.3) is 0 Å². The van der Waals surface area contributed by atoms with Crippen molar-refractivity contribution in [3.05, 3.63) is 65.6 Å². The molecule has 4 heterocycles. The number of piperidine rings is 1. The van der Waals surface area contributed by atoms with Crippen LogP contribution in [0.4, 0.5) is 14.6 Å². The van der Waals surface area contributed by atoms with Gasteiger partial charge in [0.05, 0.1) is 23.0 Å².